The lowest BCUT2D eigenvalue weighted by Gasteiger charge is -2.35. The van der Waals surface area contributed by atoms with Gasteiger partial charge in [0.2, 0.25) is 5.91 Å². The number of ether oxygens (including phenoxy) is 2. The number of carbonyl (C=O) groups excluding carboxylic acids is 1. The molecule has 0 bridgehead atoms. The van der Waals surface area contributed by atoms with Crippen LogP contribution in [0.3, 0.4) is 0 Å². The highest BCUT2D eigenvalue weighted by Crippen LogP contribution is 2.30. The van der Waals surface area contributed by atoms with E-state index in [1.54, 1.807) is 0 Å². The second-order valence-electron chi connectivity index (χ2n) is 7.17. The molecule has 1 N–H and O–H groups in total. The van der Waals surface area contributed by atoms with Gasteiger partial charge in [-0.2, -0.15) is 0 Å². The Labute approximate surface area is 143 Å². The zero-order valence-corrected chi connectivity index (χ0v) is 14.0. The second kappa shape index (κ2) is 7.21. The Bertz CT molecular complexity index is 559. The number of hydrogen-bond donors (Lipinski definition) is 1. The van der Waals surface area contributed by atoms with Gasteiger partial charge in [-0.3, -0.25) is 9.69 Å². The minimum atomic E-state index is 0.129. The highest BCUT2D eigenvalue weighted by molar-refractivity contribution is 5.79. The largest absolute Gasteiger partial charge is 0.381 e. The van der Waals surface area contributed by atoms with Crippen LogP contribution in [-0.4, -0.2) is 55.8 Å². The normalized spacial score (nSPS) is 31.6. The van der Waals surface area contributed by atoms with Crippen LogP contribution in [0.4, 0.5) is 0 Å². The van der Waals surface area contributed by atoms with Crippen LogP contribution < -0.4 is 5.32 Å². The van der Waals surface area contributed by atoms with Crippen molar-refractivity contribution in [2.45, 2.75) is 37.5 Å². The molecule has 24 heavy (non-hydrogen) atoms. The molecule has 3 fully saturated rings. The number of morpholine rings is 1. The van der Waals surface area contributed by atoms with Gasteiger partial charge < -0.3 is 14.8 Å². The summed E-state index contributed by atoms with van der Waals surface area (Å²) in [6.07, 6.45) is 2.85. The van der Waals surface area contributed by atoms with Gasteiger partial charge in [-0.1, -0.05) is 30.3 Å². The van der Waals surface area contributed by atoms with Crippen molar-refractivity contribution < 1.29 is 14.3 Å². The highest BCUT2D eigenvalue weighted by atomic mass is 16.5. The van der Waals surface area contributed by atoms with E-state index in [1.165, 1.54) is 5.56 Å². The van der Waals surface area contributed by atoms with Gasteiger partial charge in [0.15, 0.2) is 0 Å². The topological polar surface area (TPSA) is 50.8 Å². The third-order valence-corrected chi connectivity index (χ3v) is 5.53. The Balaban J connectivity index is 1.32. The summed E-state index contributed by atoms with van der Waals surface area (Å²) in [6, 6.07) is 11.1. The van der Waals surface area contributed by atoms with Crippen LogP contribution in [0.25, 0.3) is 0 Å². The summed E-state index contributed by atoms with van der Waals surface area (Å²) in [6.45, 7) is 4.03. The maximum atomic E-state index is 12.4. The van der Waals surface area contributed by atoms with Crippen LogP contribution in [0.1, 0.15) is 30.9 Å². The molecule has 1 aromatic carbocycles. The van der Waals surface area contributed by atoms with Crippen molar-refractivity contribution in [3.05, 3.63) is 35.9 Å². The Morgan fingerprint density at radius 3 is 2.71 bits per heavy atom. The Hall–Kier alpha value is -1.43. The SMILES string of the molecule is O=C(N[C@@H]1C[C@H]2CO[C@@H](c3ccccc3)CN2C1)C1CCOCC1. The minimum absolute atomic E-state index is 0.129. The van der Waals surface area contributed by atoms with E-state index in [2.05, 4.69) is 34.5 Å². The standard InChI is InChI=1S/C19H26N2O3/c22-19(15-6-8-23-9-7-15)20-16-10-17-13-24-18(12-21(17)11-16)14-4-2-1-3-5-14/h1-5,15-18H,6-13H2,(H,20,22)/t16-,17+,18-/m1/s1. The molecule has 0 radical (unpaired) electrons. The average Bonchev–Trinajstić information content (AvgIpc) is 3.04. The van der Waals surface area contributed by atoms with Crippen LogP contribution in [0, 0.1) is 5.92 Å². The highest BCUT2D eigenvalue weighted by Gasteiger charge is 2.38. The summed E-state index contributed by atoms with van der Waals surface area (Å²) < 4.78 is 11.4. The first-order valence-electron chi connectivity index (χ1n) is 9.08. The molecule has 0 aliphatic carbocycles. The van der Waals surface area contributed by atoms with Crippen molar-refractivity contribution in [1.82, 2.24) is 10.2 Å². The zero-order chi connectivity index (χ0) is 16.4. The molecular weight excluding hydrogens is 304 g/mol. The quantitative estimate of drug-likeness (QED) is 0.917. The van der Waals surface area contributed by atoms with Gasteiger partial charge in [0.25, 0.3) is 0 Å². The van der Waals surface area contributed by atoms with E-state index in [1.807, 2.05) is 6.07 Å². The smallest absolute Gasteiger partial charge is 0.223 e. The molecule has 130 valence electrons. The van der Waals surface area contributed by atoms with Crippen molar-refractivity contribution >= 4 is 5.91 Å². The first-order valence-corrected chi connectivity index (χ1v) is 9.08. The summed E-state index contributed by atoms with van der Waals surface area (Å²) in [5, 5.41) is 3.27. The molecule has 3 aliphatic heterocycles. The summed E-state index contributed by atoms with van der Waals surface area (Å²) in [5.74, 6) is 0.341. The Morgan fingerprint density at radius 1 is 1.12 bits per heavy atom. The second-order valence-corrected chi connectivity index (χ2v) is 7.17. The predicted octanol–water partition coefficient (Wildman–Crippen LogP) is 1.74. The Kier molecular flexibility index (Phi) is 4.83. The predicted molar refractivity (Wildman–Crippen MR) is 90.6 cm³/mol. The van der Waals surface area contributed by atoms with Crippen molar-refractivity contribution in [2.75, 3.05) is 32.9 Å². The van der Waals surface area contributed by atoms with E-state index in [-0.39, 0.29) is 24.0 Å². The van der Waals surface area contributed by atoms with E-state index >= 15 is 0 Å². The van der Waals surface area contributed by atoms with Crippen LogP contribution in [-0.2, 0) is 14.3 Å². The monoisotopic (exact) mass is 330 g/mol. The van der Waals surface area contributed by atoms with Crippen LogP contribution in [0.15, 0.2) is 30.3 Å². The fourth-order valence-electron chi connectivity index (χ4n) is 4.13. The number of hydrogen-bond acceptors (Lipinski definition) is 4. The fourth-order valence-corrected chi connectivity index (χ4v) is 4.13. The van der Waals surface area contributed by atoms with Crippen molar-refractivity contribution in [2.24, 2.45) is 5.92 Å². The summed E-state index contributed by atoms with van der Waals surface area (Å²) in [7, 11) is 0. The number of carbonyl (C=O) groups is 1. The van der Waals surface area contributed by atoms with Gasteiger partial charge in [-0.25, -0.2) is 0 Å². The van der Waals surface area contributed by atoms with Gasteiger partial charge in [-0.15, -0.1) is 0 Å². The number of nitrogens with one attached hydrogen (secondary N) is 1. The third-order valence-electron chi connectivity index (χ3n) is 5.53. The Morgan fingerprint density at radius 2 is 1.92 bits per heavy atom. The molecule has 0 saturated carbocycles. The van der Waals surface area contributed by atoms with Gasteiger partial charge in [0.05, 0.1) is 12.7 Å². The lowest BCUT2D eigenvalue weighted by molar-refractivity contribution is -0.128. The molecule has 3 atom stereocenters. The molecule has 5 nitrogen and oxygen atoms in total. The van der Waals surface area contributed by atoms with Crippen LogP contribution in [0.2, 0.25) is 0 Å². The molecule has 4 rings (SSSR count). The maximum Gasteiger partial charge on any atom is 0.223 e. The van der Waals surface area contributed by atoms with Crippen molar-refractivity contribution in [3.8, 4) is 0 Å². The minimum Gasteiger partial charge on any atom is -0.381 e. The van der Waals surface area contributed by atoms with E-state index in [0.717, 1.165) is 39.0 Å². The summed E-state index contributed by atoms with van der Waals surface area (Å²) in [4.78, 5) is 14.9. The zero-order valence-electron chi connectivity index (χ0n) is 14.0. The number of fused-ring (bicyclic) bond motifs is 1. The van der Waals surface area contributed by atoms with Gasteiger partial charge in [-0.05, 0) is 24.8 Å². The van der Waals surface area contributed by atoms with Crippen LogP contribution >= 0.6 is 0 Å². The van der Waals surface area contributed by atoms with Crippen LogP contribution in [0.5, 0.6) is 0 Å². The molecule has 5 heteroatoms. The van der Waals surface area contributed by atoms with Crippen molar-refractivity contribution in [3.63, 3.8) is 0 Å². The number of amides is 1. The molecule has 0 unspecified atom stereocenters. The van der Waals surface area contributed by atoms with E-state index in [4.69, 9.17) is 9.47 Å². The summed E-state index contributed by atoms with van der Waals surface area (Å²) >= 11 is 0. The number of nitrogens with zero attached hydrogens (tertiary/aromatic N) is 1. The number of rotatable bonds is 3. The maximum absolute atomic E-state index is 12.4. The lowest BCUT2D eigenvalue weighted by Crippen LogP contribution is -2.44. The van der Waals surface area contributed by atoms with Gasteiger partial charge >= 0.3 is 0 Å². The molecule has 1 aromatic rings. The number of benzene rings is 1. The molecule has 1 amide bonds. The summed E-state index contributed by atoms with van der Waals surface area (Å²) in [5.41, 5.74) is 1.24. The van der Waals surface area contributed by atoms with Gasteiger partial charge in [0, 0.05) is 44.3 Å². The van der Waals surface area contributed by atoms with E-state index in [9.17, 15) is 4.79 Å². The molecular formula is C19H26N2O3. The van der Waals surface area contributed by atoms with Gasteiger partial charge in [0.1, 0.15) is 0 Å². The first-order chi connectivity index (χ1) is 11.8. The molecule has 0 aromatic heterocycles. The first kappa shape index (κ1) is 16.1. The molecule has 3 saturated heterocycles. The lowest BCUT2D eigenvalue weighted by atomic mass is 9.99. The molecule has 0 spiro atoms. The van der Waals surface area contributed by atoms with E-state index < -0.39 is 0 Å². The molecule has 3 aliphatic rings. The van der Waals surface area contributed by atoms with Crippen molar-refractivity contribution in [1.29, 1.82) is 0 Å². The third kappa shape index (κ3) is 3.48. The molecule has 3 heterocycles. The average molecular weight is 330 g/mol. The fraction of sp³-hybridized carbons (Fsp3) is 0.632. The van der Waals surface area contributed by atoms with E-state index in [0.29, 0.717) is 19.3 Å².